The Hall–Kier alpha value is -3.42. The lowest BCUT2D eigenvalue weighted by atomic mass is 10.1. The number of amides is 1. The van der Waals surface area contributed by atoms with Gasteiger partial charge in [-0.15, -0.1) is 5.10 Å². The number of benzene rings is 1. The molecule has 27 heavy (non-hydrogen) atoms. The molecule has 1 amide bonds. The summed E-state index contributed by atoms with van der Waals surface area (Å²) in [7, 11) is 3.67. The van der Waals surface area contributed by atoms with Gasteiger partial charge in [0.2, 0.25) is 0 Å². The van der Waals surface area contributed by atoms with E-state index in [4.69, 9.17) is 4.74 Å². The first-order valence-electron chi connectivity index (χ1n) is 8.66. The minimum atomic E-state index is -0.194. The van der Waals surface area contributed by atoms with Crippen molar-refractivity contribution in [2.24, 2.45) is 7.05 Å². The maximum Gasteiger partial charge on any atom is 0.255 e. The van der Waals surface area contributed by atoms with Gasteiger partial charge in [-0.25, -0.2) is 0 Å². The molecule has 0 spiro atoms. The summed E-state index contributed by atoms with van der Waals surface area (Å²) >= 11 is 0. The summed E-state index contributed by atoms with van der Waals surface area (Å²) in [4.78, 5) is 12.7. The van der Waals surface area contributed by atoms with Gasteiger partial charge in [0.05, 0.1) is 12.7 Å². The Bertz CT molecular complexity index is 1130. The molecule has 4 aromatic rings. The first-order valence-corrected chi connectivity index (χ1v) is 8.66. The van der Waals surface area contributed by atoms with Crippen LogP contribution in [0.1, 0.15) is 22.8 Å². The van der Waals surface area contributed by atoms with Gasteiger partial charge in [-0.1, -0.05) is 0 Å². The van der Waals surface area contributed by atoms with Crippen LogP contribution in [0.15, 0.2) is 42.7 Å². The fourth-order valence-electron chi connectivity index (χ4n) is 3.37. The number of nitrogens with one attached hydrogen (secondary N) is 1. The van der Waals surface area contributed by atoms with Crippen molar-refractivity contribution in [1.29, 1.82) is 0 Å². The van der Waals surface area contributed by atoms with Gasteiger partial charge in [0.15, 0.2) is 5.65 Å². The second-order valence-electron chi connectivity index (χ2n) is 6.60. The van der Waals surface area contributed by atoms with Crippen LogP contribution in [-0.2, 0) is 13.5 Å². The minimum absolute atomic E-state index is 0.0644. The van der Waals surface area contributed by atoms with Gasteiger partial charge in [0, 0.05) is 36.4 Å². The highest BCUT2D eigenvalue weighted by Crippen LogP contribution is 2.26. The zero-order chi connectivity index (χ0) is 19.0. The molecule has 0 aliphatic carbocycles. The predicted octanol–water partition coefficient (Wildman–Crippen LogP) is 1.99. The topological polar surface area (TPSA) is 86.3 Å². The number of methoxy groups -OCH3 is 1. The van der Waals surface area contributed by atoms with Crippen molar-refractivity contribution in [3.63, 3.8) is 0 Å². The molecule has 4 rings (SSSR count). The highest BCUT2D eigenvalue weighted by atomic mass is 16.5. The Morgan fingerprint density at radius 1 is 1.33 bits per heavy atom. The summed E-state index contributed by atoms with van der Waals surface area (Å²) in [5.74, 6) is 0.623. The van der Waals surface area contributed by atoms with E-state index in [0.29, 0.717) is 17.6 Å². The molecule has 0 fully saturated rings. The number of aryl methyl sites for hydroxylation is 1. The molecule has 1 aromatic carbocycles. The molecule has 0 unspecified atom stereocenters. The van der Waals surface area contributed by atoms with Crippen LogP contribution < -0.4 is 10.1 Å². The number of aromatic nitrogens is 5. The molecule has 0 saturated heterocycles. The quantitative estimate of drug-likeness (QED) is 0.585. The molecule has 0 aliphatic heterocycles. The van der Waals surface area contributed by atoms with E-state index in [1.54, 1.807) is 25.4 Å². The summed E-state index contributed by atoms with van der Waals surface area (Å²) in [6.45, 7) is 1.99. The van der Waals surface area contributed by atoms with E-state index in [-0.39, 0.29) is 11.9 Å². The van der Waals surface area contributed by atoms with Crippen LogP contribution >= 0.6 is 0 Å². The molecular formula is C19H20N6O2. The van der Waals surface area contributed by atoms with Gasteiger partial charge in [0.1, 0.15) is 5.75 Å². The zero-order valence-electron chi connectivity index (χ0n) is 15.4. The van der Waals surface area contributed by atoms with E-state index in [2.05, 4.69) is 31.6 Å². The molecule has 0 radical (unpaired) electrons. The van der Waals surface area contributed by atoms with E-state index in [1.165, 1.54) is 4.52 Å². The summed E-state index contributed by atoms with van der Waals surface area (Å²) < 4.78 is 8.91. The van der Waals surface area contributed by atoms with Crippen molar-refractivity contribution in [1.82, 2.24) is 29.9 Å². The van der Waals surface area contributed by atoms with Gasteiger partial charge in [-0.3, -0.25) is 4.79 Å². The lowest BCUT2D eigenvalue weighted by molar-refractivity contribution is 0.0941. The number of nitrogens with zero attached hydrogens (tertiary/aromatic N) is 5. The number of hydrogen-bond acceptors (Lipinski definition) is 5. The molecule has 138 valence electrons. The fraction of sp³-hybridized carbons (Fsp3) is 0.263. The van der Waals surface area contributed by atoms with E-state index in [1.807, 2.05) is 32.2 Å². The summed E-state index contributed by atoms with van der Waals surface area (Å²) in [6, 6.07) is 9.42. The molecule has 0 saturated carbocycles. The van der Waals surface area contributed by atoms with E-state index < -0.39 is 0 Å². The van der Waals surface area contributed by atoms with Crippen molar-refractivity contribution in [3.8, 4) is 5.75 Å². The molecule has 0 bridgehead atoms. The van der Waals surface area contributed by atoms with Crippen molar-refractivity contribution < 1.29 is 9.53 Å². The normalized spacial score (nSPS) is 12.4. The Labute approximate surface area is 155 Å². The second-order valence-corrected chi connectivity index (χ2v) is 6.60. The molecule has 1 atom stereocenters. The highest BCUT2D eigenvalue weighted by Gasteiger charge is 2.17. The average Bonchev–Trinajstić information content (AvgIpc) is 3.26. The number of tetrazole rings is 1. The van der Waals surface area contributed by atoms with Crippen LogP contribution in [0.2, 0.25) is 0 Å². The maximum absolute atomic E-state index is 12.7. The first-order chi connectivity index (χ1) is 13.1. The Kier molecular flexibility index (Phi) is 4.23. The van der Waals surface area contributed by atoms with Crippen LogP contribution in [0.25, 0.3) is 16.6 Å². The van der Waals surface area contributed by atoms with Crippen molar-refractivity contribution in [2.45, 2.75) is 19.4 Å². The van der Waals surface area contributed by atoms with E-state index in [0.717, 1.165) is 22.2 Å². The SMILES string of the molecule is COc1ccc2c(c1)c(C[C@@H](C)NC(=O)c1cccn3nnnc13)cn2C. The number of carbonyl (C=O) groups is 1. The number of carbonyl (C=O) groups excluding carboxylic acids is 1. The van der Waals surface area contributed by atoms with Crippen molar-refractivity contribution in [3.05, 3.63) is 53.9 Å². The lowest BCUT2D eigenvalue weighted by Gasteiger charge is -2.14. The Morgan fingerprint density at radius 3 is 3.00 bits per heavy atom. The maximum atomic E-state index is 12.7. The van der Waals surface area contributed by atoms with Crippen LogP contribution in [0.3, 0.4) is 0 Å². The zero-order valence-corrected chi connectivity index (χ0v) is 15.4. The van der Waals surface area contributed by atoms with Crippen molar-refractivity contribution in [2.75, 3.05) is 7.11 Å². The fourth-order valence-corrected chi connectivity index (χ4v) is 3.37. The van der Waals surface area contributed by atoms with Crippen LogP contribution in [0, 0.1) is 0 Å². The highest BCUT2D eigenvalue weighted by molar-refractivity contribution is 5.99. The molecule has 8 nitrogen and oxygen atoms in total. The average molecular weight is 364 g/mol. The van der Waals surface area contributed by atoms with Gasteiger partial charge >= 0.3 is 0 Å². The standard InChI is InChI=1S/C19H20N6O2/c1-12(20-19(26)15-5-4-8-25-18(15)21-22-23-25)9-13-11-24(2)17-7-6-14(27-3)10-16(13)17/h4-8,10-12H,9H2,1-3H3,(H,20,26)/t12-/m1/s1. The van der Waals surface area contributed by atoms with Crippen LogP contribution in [0.5, 0.6) is 5.75 Å². The van der Waals surface area contributed by atoms with Gasteiger partial charge in [-0.2, -0.15) is 4.52 Å². The monoisotopic (exact) mass is 364 g/mol. The van der Waals surface area contributed by atoms with Gasteiger partial charge in [-0.05, 0) is 59.7 Å². The summed E-state index contributed by atoms with van der Waals surface area (Å²) in [5, 5.41) is 15.5. The van der Waals surface area contributed by atoms with E-state index >= 15 is 0 Å². The van der Waals surface area contributed by atoms with Crippen LogP contribution in [-0.4, -0.2) is 43.7 Å². The molecule has 3 aromatic heterocycles. The Balaban J connectivity index is 1.56. The number of rotatable bonds is 5. The number of pyridine rings is 1. The van der Waals surface area contributed by atoms with Gasteiger partial charge < -0.3 is 14.6 Å². The lowest BCUT2D eigenvalue weighted by Crippen LogP contribution is -2.34. The number of hydrogen-bond donors (Lipinski definition) is 1. The van der Waals surface area contributed by atoms with E-state index in [9.17, 15) is 4.79 Å². The molecule has 8 heteroatoms. The summed E-state index contributed by atoms with van der Waals surface area (Å²) in [6.07, 6.45) is 4.50. The second kappa shape index (κ2) is 6.71. The Morgan fingerprint density at radius 2 is 2.19 bits per heavy atom. The predicted molar refractivity (Wildman–Crippen MR) is 101 cm³/mol. The molecule has 1 N–H and O–H groups in total. The molecule has 3 heterocycles. The van der Waals surface area contributed by atoms with Gasteiger partial charge in [0.25, 0.3) is 5.91 Å². The summed E-state index contributed by atoms with van der Waals surface area (Å²) in [5.41, 5.74) is 3.18. The first kappa shape index (κ1) is 17.0. The smallest absolute Gasteiger partial charge is 0.255 e. The largest absolute Gasteiger partial charge is 0.497 e. The van der Waals surface area contributed by atoms with Crippen molar-refractivity contribution >= 4 is 22.5 Å². The number of ether oxygens (including phenoxy) is 1. The third-order valence-electron chi connectivity index (χ3n) is 4.65. The molecule has 0 aliphatic rings. The minimum Gasteiger partial charge on any atom is -0.497 e. The number of fused-ring (bicyclic) bond motifs is 2. The van der Waals surface area contributed by atoms with Crippen LogP contribution in [0.4, 0.5) is 0 Å². The third kappa shape index (κ3) is 3.10. The third-order valence-corrected chi connectivity index (χ3v) is 4.65. The molecular weight excluding hydrogens is 344 g/mol.